The van der Waals surface area contributed by atoms with Gasteiger partial charge in [0.05, 0.1) is 0 Å². The van der Waals surface area contributed by atoms with Crippen LogP contribution in [0.25, 0.3) is 10.8 Å². The molecule has 0 aliphatic carbocycles. The summed E-state index contributed by atoms with van der Waals surface area (Å²) in [6.45, 7) is 3.32. The molecule has 0 radical (unpaired) electrons. The number of aromatic nitrogens is 2. The quantitative estimate of drug-likeness (QED) is 0.742. The van der Waals surface area contributed by atoms with E-state index in [1.165, 1.54) is 0 Å². The third-order valence-electron chi connectivity index (χ3n) is 4.46. The van der Waals surface area contributed by atoms with Crippen LogP contribution in [0.4, 0.5) is 4.79 Å². The van der Waals surface area contributed by atoms with Gasteiger partial charge < -0.3 is 9.73 Å². The maximum atomic E-state index is 13.0. The maximum Gasteiger partial charge on any atom is 0.325 e. The summed E-state index contributed by atoms with van der Waals surface area (Å²) in [4.78, 5) is 26.6. The summed E-state index contributed by atoms with van der Waals surface area (Å²) in [5, 5.41) is 12.3. The first-order valence-corrected chi connectivity index (χ1v) is 7.90. The Kier molecular flexibility index (Phi) is 3.31. The number of nitrogens with zero attached hydrogens (tertiary/aromatic N) is 3. The number of imide groups is 1. The van der Waals surface area contributed by atoms with E-state index in [9.17, 15) is 9.59 Å². The van der Waals surface area contributed by atoms with E-state index in [1.54, 1.807) is 13.8 Å². The van der Waals surface area contributed by atoms with E-state index in [4.69, 9.17) is 4.42 Å². The fourth-order valence-corrected chi connectivity index (χ4v) is 3.22. The van der Waals surface area contributed by atoms with Crippen molar-refractivity contribution in [1.29, 1.82) is 0 Å². The van der Waals surface area contributed by atoms with Gasteiger partial charge in [-0.25, -0.2) is 4.79 Å². The topological polar surface area (TPSA) is 88.3 Å². The summed E-state index contributed by atoms with van der Waals surface area (Å²) in [5.41, 5.74) is -0.388. The van der Waals surface area contributed by atoms with Crippen LogP contribution >= 0.6 is 0 Å². The molecule has 0 bridgehead atoms. The number of fused-ring (bicyclic) bond motifs is 1. The summed E-state index contributed by atoms with van der Waals surface area (Å²) in [6.07, 6.45) is 0. The molecule has 1 aromatic heterocycles. The molecule has 1 saturated heterocycles. The highest BCUT2D eigenvalue weighted by molar-refractivity contribution is 6.09. The molecule has 4 rings (SSSR count). The molecule has 1 fully saturated rings. The highest BCUT2D eigenvalue weighted by Gasteiger charge is 2.50. The Balaban J connectivity index is 1.74. The van der Waals surface area contributed by atoms with Gasteiger partial charge in [0.1, 0.15) is 12.1 Å². The molecule has 1 atom stereocenters. The highest BCUT2D eigenvalue weighted by atomic mass is 16.4. The summed E-state index contributed by atoms with van der Waals surface area (Å²) in [7, 11) is 0. The zero-order chi connectivity index (χ0) is 17.6. The van der Waals surface area contributed by atoms with Crippen molar-refractivity contribution in [1.82, 2.24) is 20.4 Å². The second kappa shape index (κ2) is 5.41. The Morgan fingerprint density at radius 2 is 1.88 bits per heavy atom. The number of nitrogens with one attached hydrogen (secondary N) is 1. The summed E-state index contributed by atoms with van der Waals surface area (Å²) < 4.78 is 5.29. The second-order valence-corrected chi connectivity index (χ2v) is 6.19. The number of carbonyl (C=O) groups is 2. The molecular formula is C18H16N4O3. The van der Waals surface area contributed by atoms with Gasteiger partial charge in [0.2, 0.25) is 11.8 Å². The van der Waals surface area contributed by atoms with Crippen molar-refractivity contribution in [3.05, 3.63) is 59.8 Å². The number of rotatable bonds is 3. The van der Waals surface area contributed by atoms with Gasteiger partial charge in [-0.1, -0.05) is 42.5 Å². The van der Waals surface area contributed by atoms with Crippen molar-refractivity contribution < 1.29 is 14.0 Å². The summed E-state index contributed by atoms with van der Waals surface area (Å²) in [5.74, 6) is 0.270. The predicted molar refractivity (Wildman–Crippen MR) is 89.4 cm³/mol. The first-order valence-electron chi connectivity index (χ1n) is 7.90. The van der Waals surface area contributed by atoms with Gasteiger partial charge in [0.15, 0.2) is 0 Å². The molecule has 3 amide bonds. The highest BCUT2D eigenvalue weighted by Crippen LogP contribution is 2.34. The predicted octanol–water partition coefficient (Wildman–Crippen LogP) is 2.50. The van der Waals surface area contributed by atoms with Crippen LogP contribution in [0.3, 0.4) is 0 Å². The van der Waals surface area contributed by atoms with Crippen molar-refractivity contribution >= 4 is 22.7 Å². The maximum absolute atomic E-state index is 13.0. The minimum Gasteiger partial charge on any atom is -0.424 e. The van der Waals surface area contributed by atoms with Crippen LogP contribution < -0.4 is 5.32 Å². The van der Waals surface area contributed by atoms with Gasteiger partial charge in [0, 0.05) is 6.92 Å². The molecule has 1 N–H and O–H groups in total. The molecule has 1 aliphatic rings. The van der Waals surface area contributed by atoms with E-state index in [0.717, 1.165) is 21.2 Å². The first kappa shape index (κ1) is 15.3. The van der Waals surface area contributed by atoms with E-state index >= 15 is 0 Å². The SMILES string of the molecule is Cc1nnc(CN2C(=O)N[C@](C)(c3cccc4ccccc34)C2=O)o1. The third-order valence-corrected chi connectivity index (χ3v) is 4.46. The molecule has 25 heavy (non-hydrogen) atoms. The minimum atomic E-state index is -1.15. The largest absolute Gasteiger partial charge is 0.424 e. The van der Waals surface area contributed by atoms with Crippen LogP contribution in [0.1, 0.15) is 24.3 Å². The van der Waals surface area contributed by atoms with Gasteiger partial charge in [-0.05, 0) is 23.3 Å². The molecular weight excluding hydrogens is 320 g/mol. The number of amides is 3. The molecule has 126 valence electrons. The molecule has 2 heterocycles. The lowest BCUT2D eigenvalue weighted by molar-refractivity contribution is -0.131. The van der Waals surface area contributed by atoms with E-state index in [1.807, 2.05) is 42.5 Å². The third kappa shape index (κ3) is 2.36. The molecule has 0 saturated carbocycles. The normalized spacial score (nSPS) is 20.3. The molecule has 0 unspecified atom stereocenters. The zero-order valence-electron chi connectivity index (χ0n) is 13.8. The molecule has 7 heteroatoms. The van der Waals surface area contributed by atoms with Gasteiger partial charge in [-0.2, -0.15) is 0 Å². The monoisotopic (exact) mass is 336 g/mol. The van der Waals surface area contributed by atoms with Crippen LogP contribution in [-0.2, 0) is 16.9 Å². The number of hydrogen-bond donors (Lipinski definition) is 1. The lowest BCUT2D eigenvalue weighted by atomic mass is 9.88. The van der Waals surface area contributed by atoms with Crippen LogP contribution in [0, 0.1) is 6.92 Å². The zero-order valence-corrected chi connectivity index (χ0v) is 13.8. The Hall–Kier alpha value is -3.22. The van der Waals surface area contributed by atoms with Crippen molar-refractivity contribution in [2.24, 2.45) is 0 Å². The molecule has 2 aromatic carbocycles. The fraction of sp³-hybridized carbons (Fsp3) is 0.222. The molecule has 7 nitrogen and oxygen atoms in total. The summed E-state index contributed by atoms with van der Waals surface area (Å²) in [6, 6.07) is 13.0. The van der Waals surface area contributed by atoms with Crippen LogP contribution in [0.15, 0.2) is 46.9 Å². The Morgan fingerprint density at radius 3 is 2.64 bits per heavy atom. The van der Waals surface area contributed by atoms with Gasteiger partial charge >= 0.3 is 6.03 Å². The molecule has 1 aliphatic heterocycles. The van der Waals surface area contributed by atoms with Gasteiger partial charge in [-0.3, -0.25) is 9.69 Å². The van der Waals surface area contributed by atoms with Crippen LogP contribution in [0.5, 0.6) is 0 Å². The average molecular weight is 336 g/mol. The van der Waals surface area contributed by atoms with Gasteiger partial charge in [0.25, 0.3) is 5.91 Å². The number of urea groups is 1. The lowest BCUT2D eigenvalue weighted by Crippen LogP contribution is -2.41. The molecule has 3 aromatic rings. The number of aryl methyl sites for hydroxylation is 1. The Labute approximate surface area is 143 Å². The van der Waals surface area contributed by atoms with Crippen molar-refractivity contribution in [2.45, 2.75) is 25.9 Å². The van der Waals surface area contributed by atoms with Crippen molar-refractivity contribution in [3.8, 4) is 0 Å². The summed E-state index contributed by atoms with van der Waals surface area (Å²) >= 11 is 0. The fourth-order valence-electron chi connectivity index (χ4n) is 3.22. The molecule has 0 spiro atoms. The smallest absolute Gasteiger partial charge is 0.325 e. The van der Waals surface area contributed by atoms with E-state index < -0.39 is 11.6 Å². The van der Waals surface area contributed by atoms with Crippen LogP contribution in [-0.4, -0.2) is 27.0 Å². The van der Waals surface area contributed by atoms with Crippen molar-refractivity contribution in [2.75, 3.05) is 0 Å². The van der Waals surface area contributed by atoms with Gasteiger partial charge in [-0.15, -0.1) is 10.2 Å². The van der Waals surface area contributed by atoms with Crippen molar-refractivity contribution in [3.63, 3.8) is 0 Å². The first-order chi connectivity index (χ1) is 12.0. The number of benzene rings is 2. The van der Waals surface area contributed by atoms with E-state index in [0.29, 0.717) is 5.89 Å². The van der Waals surface area contributed by atoms with E-state index in [-0.39, 0.29) is 18.3 Å². The van der Waals surface area contributed by atoms with E-state index in [2.05, 4.69) is 15.5 Å². The lowest BCUT2D eigenvalue weighted by Gasteiger charge is -2.23. The van der Waals surface area contributed by atoms with Crippen LogP contribution in [0.2, 0.25) is 0 Å². The number of carbonyl (C=O) groups excluding carboxylic acids is 2. The number of hydrogen-bond acceptors (Lipinski definition) is 5. The second-order valence-electron chi connectivity index (χ2n) is 6.19. The minimum absolute atomic E-state index is 0.0497. The Bertz CT molecular complexity index is 991. The average Bonchev–Trinajstić information content (AvgIpc) is 3.11. The standard InChI is InChI=1S/C18H16N4O3/c1-11-20-21-15(25-11)10-22-16(23)18(2,19-17(22)24)14-9-5-7-12-6-3-4-8-13(12)14/h3-9H,10H2,1-2H3,(H,19,24)/t18-/m1/s1. The Morgan fingerprint density at radius 1 is 1.12 bits per heavy atom.